The molecule has 0 aliphatic heterocycles. The number of carbonyl (C=O) groups excluding carboxylic acids is 3. The molecule has 30 heavy (non-hydrogen) atoms. The van der Waals surface area contributed by atoms with Gasteiger partial charge in [-0.05, 0) is 60.5 Å². The van der Waals surface area contributed by atoms with Crippen LogP contribution >= 0.6 is 0 Å². The highest BCUT2D eigenvalue weighted by molar-refractivity contribution is 6.04. The van der Waals surface area contributed by atoms with Crippen LogP contribution in [0.4, 0.5) is 11.4 Å². The predicted molar refractivity (Wildman–Crippen MR) is 116 cm³/mol. The van der Waals surface area contributed by atoms with Crippen LogP contribution in [0.3, 0.4) is 0 Å². The van der Waals surface area contributed by atoms with Crippen molar-refractivity contribution in [1.29, 1.82) is 0 Å². The first-order chi connectivity index (χ1) is 14.4. The summed E-state index contributed by atoms with van der Waals surface area (Å²) in [5.74, 6) is -0.585. The SMILES string of the molecule is CC(=O)Oc1cccc(C(=O)Nc2ccc(NC(=O)Cc3ccccc3C)cc2)c1. The standard InChI is InChI=1S/C24H22N2O4/c1-16-6-3-4-7-18(16)15-23(28)25-20-10-12-21(13-11-20)26-24(29)19-8-5-9-22(14-19)30-17(2)27/h3-14H,15H2,1-2H3,(H,25,28)(H,26,29). The summed E-state index contributed by atoms with van der Waals surface area (Å²) in [6.45, 7) is 3.27. The van der Waals surface area contributed by atoms with E-state index in [0.29, 0.717) is 29.1 Å². The number of benzene rings is 3. The summed E-state index contributed by atoms with van der Waals surface area (Å²) in [4.78, 5) is 35.8. The molecule has 152 valence electrons. The minimum Gasteiger partial charge on any atom is -0.427 e. The first-order valence-corrected chi connectivity index (χ1v) is 9.45. The van der Waals surface area contributed by atoms with Crippen LogP contribution < -0.4 is 15.4 Å². The maximum atomic E-state index is 12.4. The van der Waals surface area contributed by atoms with Crippen molar-refractivity contribution in [1.82, 2.24) is 0 Å². The molecule has 0 aliphatic rings. The normalized spacial score (nSPS) is 10.2. The number of esters is 1. The molecule has 0 bridgehead atoms. The molecule has 0 spiro atoms. The molecular formula is C24H22N2O4. The third kappa shape index (κ3) is 5.78. The number of anilines is 2. The maximum Gasteiger partial charge on any atom is 0.308 e. The topological polar surface area (TPSA) is 84.5 Å². The van der Waals surface area contributed by atoms with Gasteiger partial charge < -0.3 is 15.4 Å². The fourth-order valence-electron chi connectivity index (χ4n) is 2.89. The first kappa shape index (κ1) is 20.8. The molecule has 0 aliphatic carbocycles. The van der Waals surface area contributed by atoms with E-state index in [2.05, 4.69) is 10.6 Å². The van der Waals surface area contributed by atoms with E-state index in [0.717, 1.165) is 11.1 Å². The molecule has 3 aromatic rings. The van der Waals surface area contributed by atoms with Crippen molar-refractivity contribution >= 4 is 29.2 Å². The smallest absolute Gasteiger partial charge is 0.308 e. The van der Waals surface area contributed by atoms with E-state index in [1.807, 2.05) is 31.2 Å². The summed E-state index contributed by atoms with van der Waals surface area (Å²) in [5, 5.41) is 5.63. The van der Waals surface area contributed by atoms with Crippen molar-refractivity contribution in [2.45, 2.75) is 20.3 Å². The van der Waals surface area contributed by atoms with Gasteiger partial charge >= 0.3 is 5.97 Å². The summed E-state index contributed by atoms with van der Waals surface area (Å²) < 4.78 is 5.00. The van der Waals surface area contributed by atoms with Crippen LogP contribution in [0, 0.1) is 6.92 Å². The zero-order chi connectivity index (χ0) is 21.5. The van der Waals surface area contributed by atoms with Crippen LogP contribution in [0.15, 0.2) is 72.8 Å². The Morgan fingerprint density at radius 2 is 1.50 bits per heavy atom. The van der Waals surface area contributed by atoms with E-state index in [4.69, 9.17) is 4.74 Å². The molecule has 0 aromatic heterocycles. The van der Waals surface area contributed by atoms with Gasteiger partial charge in [0.05, 0.1) is 6.42 Å². The Hall–Kier alpha value is -3.93. The Balaban J connectivity index is 1.59. The molecule has 6 nitrogen and oxygen atoms in total. The van der Waals surface area contributed by atoms with E-state index < -0.39 is 5.97 Å². The van der Waals surface area contributed by atoms with Crippen molar-refractivity contribution in [2.24, 2.45) is 0 Å². The average Bonchev–Trinajstić information content (AvgIpc) is 2.71. The first-order valence-electron chi connectivity index (χ1n) is 9.45. The van der Waals surface area contributed by atoms with Crippen LogP contribution in [0.2, 0.25) is 0 Å². The van der Waals surface area contributed by atoms with Crippen molar-refractivity contribution in [2.75, 3.05) is 10.6 Å². The van der Waals surface area contributed by atoms with Gasteiger partial charge in [0.2, 0.25) is 5.91 Å². The van der Waals surface area contributed by atoms with E-state index in [9.17, 15) is 14.4 Å². The Labute approximate surface area is 174 Å². The van der Waals surface area contributed by atoms with Gasteiger partial charge in [0.25, 0.3) is 5.91 Å². The summed E-state index contributed by atoms with van der Waals surface area (Å²) in [5.41, 5.74) is 3.64. The molecule has 2 amide bonds. The largest absolute Gasteiger partial charge is 0.427 e. The number of nitrogens with one attached hydrogen (secondary N) is 2. The van der Waals surface area contributed by atoms with Gasteiger partial charge in [-0.1, -0.05) is 30.3 Å². The van der Waals surface area contributed by atoms with Crippen LogP contribution in [0.5, 0.6) is 5.75 Å². The number of hydrogen-bond donors (Lipinski definition) is 2. The molecule has 6 heteroatoms. The van der Waals surface area contributed by atoms with Gasteiger partial charge in [-0.3, -0.25) is 14.4 Å². The quantitative estimate of drug-likeness (QED) is 0.474. The molecule has 0 saturated heterocycles. The molecular weight excluding hydrogens is 380 g/mol. The highest BCUT2D eigenvalue weighted by atomic mass is 16.5. The Bertz CT molecular complexity index is 1070. The Morgan fingerprint density at radius 1 is 0.833 bits per heavy atom. The maximum absolute atomic E-state index is 12.4. The molecule has 0 radical (unpaired) electrons. The Morgan fingerprint density at radius 3 is 2.17 bits per heavy atom. The van der Waals surface area contributed by atoms with Crippen molar-refractivity contribution < 1.29 is 19.1 Å². The van der Waals surface area contributed by atoms with Crippen molar-refractivity contribution in [3.63, 3.8) is 0 Å². The monoisotopic (exact) mass is 402 g/mol. The van der Waals surface area contributed by atoms with Crippen LogP contribution in [-0.4, -0.2) is 17.8 Å². The van der Waals surface area contributed by atoms with Crippen LogP contribution in [-0.2, 0) is 16.0 Å². The predicted octanol–water partition coefficient (Wildman–Crippen LogP) is 4.35. The minimum atomic E-state index is -0.451. The lowest BCUT2D eigenvalue weighted by Crippen LogP contribution is -2.15. The van der Waals surface area contributed by atoms with E-state index in [1.54, 1.807) is 42.5 Å². The lowest BCUT2D eigenvalue weighted by Gasteiger charge is -2.09. The van der Waals surface area contributed by atoms with Gasteiger partial charge in [-0.15, -0.1) is 0 Å². The van der Waals surface area contributed by atoms with Crippen molar-refractivity contribution in [3.8, 4) is 5.75 Å². The number of carbonyl (C=O) groups is 3. The summed E-state index contributed by atoms with van der Waals surface area (Å²) >= 11 is 0. The highest BCUT2D eigenvalue weighted by Gasteiger charge is 2.09. The summed E-state index contributed by atoms with van der Waals surface area (Å²) in [7, 11) is 0. The lowest BCUT2D eigenvalue weighted by molar-refractivity contribution is -0.131. The van der Waals surface area contributed by atoms with Gasteiger partial charge in [0.15, 0.2) is 0 Å². The zero-order valence-corrected chi connectivity index (χ0v) is 16.8. The third-order valence-corrected chi connectivity index (χ3v) is 4.40. The van der Waals surface area contributed by atoms with Gasteiger partial charge in [-0.25, -0.2) is 0 Å². The lowest BCUT2D eigenvalue weighted by atomic mass is 10.1. The molecule has 0 fully saturated rings. The second-order valence-corrected chi connectivity index (χ2v) is 6.80. The van der Waals surface area contributed by atoms with Crippen LogP contribution in [0.25, 0.3) is 0 Å². The second kappa shape index (κ2) is 9.52. The Kier molecular flexibility index (Phi) is 6.60. The fourth-order valence-corrected chi connectivity index (χ4v) is 2.89. The van der Waals surface area contributed by atoms with Crippen LogP contribution in [0.1, 0.15) is 28.4 Å². The number of hydrogen-bond acceptors (Lipinski definition) is 4. The van der Waals surface area contributed by atoms with Crippen molar-refractivity contribution in [3.05, 3.63) is 89.5 Å². The molecule has 2 N–H and O–H groups in total. The number of ether oxygens (including phenoxy) is 1. The molecule has 3 aromatic carbocycles. The van der Waals surface area contributed by atoms with Gasteiger partial charge in [0, 0.05) is 23.9 Å². The second-order valence-electron chi connectivity index (χ2n) is 6.80. The zero-order valence-electron chi connectivity index (χ0n) is 16.8. The molecule has 0 atom stereocenters. The van der Waals surface area contributed by atoms with E-state index >= 15 is 0 Å². The molecule has 0 saturated carbocycles. The summed E-state index contributed by atoms with van der Waals surface area (Å²) in [6, 6.07) is 21.0. The summed E-state index contributed by atoms with van der Waals surface area (Å²) in [6.07, 6.45) is 0.295. The number of amides is 2. The fraction of sp³-hybridized carbons (Fsp3) is 0.125. The average molecular weight is 402 g/mol. The third-order valence-electron chi connectivity index (χ3n) is 4.40. The van der Waals surface area contributed by atoms with Gasteiger partial charge in [-0.2, -0.15) is 0 Å². The van der Waals surface area contributed by atoms with E-state index in [1.165, 1.54) is 13.0 Å². The van der Waals surface area contributed by atoms with Gasteiger partial charge in [0.1, 0.15) is 5.75 Å². The molecule has 0 heterocycles. The van der Waals surface area contributed by atoms with E-state index in [-0.39, 0.29) is 11.8 Å². The molecule has 0 unspecified atom stereocenters. The highest BCUT2D eigenvalue weighted by Crippen LogP contribution is 2.18. The molecule has 3 rings (SSSR count). The minimum absolute atomic E-state index is 0.108. The number of rotatable bonds is 6. The number of aryl methyl sites for hydroxylation is 1.